The van der Waals surface area contributed by atoms with Gasteiger partial charge in [-0.25, -0.2) is 0 Å². The molecular formula is C16H34MoO4P. The van der Waals surface area contributed by atoms with Crippen molar-refractivity contribution in [2.24, 2.45) is 0 Å². The second kappa shape index (κ2) is 16.6. The van der Waals surface area contributed by atoms with Gasteiger partial charge in [-0.1, -0.05) is 45.4 Å². The van der Waals surface area contributed by atoms with Crippen LogP contribution in [-0.2, 0) is 32.5 Å². The van der Waals surface area contributed by atoms with E-state index in [-0.39, 0.29) is 0 Å². The van der Waals surface area contributed by atoms with Gasteiger partial charge < -0.3 is 0 Å². The zero-order chi connectivity index (χ0) is 16.5. The molecule has 0 aromatic rings. The van der Waals surface area contributed by atoms with Gasteiger partial charge in [0, 0.05) is 0 Å². The van der Waals surface area contributed by atoms with Gasteiger partial charge in [-0.3, -0.25) is 0 Å². The second-order valence-corrected chi connectivity index (χ2v) is 8.42. The Morgan fingerprint density at radius 1 is 0.773 bits per heavy atom. The molecule has 0 rings (SSSR count). The molecule has 0 spiro atoms. The summed E-state index contributed by atoms with van der Waals surface area (Å²) >= 11 is 1.12. The second-order valence-electron chi connectivity index (χ2n) is 5.97. The number of rotatable bonds is 17. The van der Waals surface area contributed by atoms with Crippen LogP contribution in [0.3, 0.4) is 0 Å². The SMILES string of the molecule is CCCCCCCCCCCCCCCCOP(=O)(O)[O][Mo]. The van der Waals surface area contributed by atoms with Crippen molar-refractivity contribution in [3.63, 3.8) is 0 Å². The zero-order valence-electron chi connectivity index (χ0n) is 14.1. The van der Waals surface area contributed by atoms with Crippen LogP contribution in [0.4, 0.5) is 0 Å². The normalized spacial score (nSPS) is 14.1. The summed E-state index contributed by atoms with van der Waals surface area (Å²) in [4.78, 5) is 9.04. The Hall–Kier alpha value is 0.798. The zero-order valence-corrected chi connectivity index (χ0v) is 17.0. The van der Waals surface area contributed by atoms with Crippen molar-refractivity contribution in [1.29, 1.82) is 0 Å². The predicted octanol–water partition coefficient (Wildman–Crippen LogP) is 6.06. The summed E-state index contributed by atoms with van der Waals surface area (Å²) in [5.41, 5.74) is 0. The molecule has 0 saturated heterocycles. The molecule has 0 aromatic heterocycles. The Labute approximate surface area is 148 Å². The summed E-state index contributed by atoms with van der Waals surface area (Å²) in [7, 11) is -3.76. The van der Waals surface area contributed by atoms with Gasteiger partial charge in [0.05, 0.1) is 0 Å². The van der Waals surface area contributed by atoms with E-state index < -0.39 is 7.82 Å². The molecule has 0 aliphatic heterocycles. The number of unbranched alkanes of at least 4 members (excludes halogenated alkanes) is 13. The Balaban J connectivity index is 3.07. The van der Waals surface area contributed by atoms with Gasteiger partial charge >= 0.3 is 103 Å². The first-order valence-corrected chi connectivity index (χ1v) is 11.2. The number of hydrogen-bond donors (Lipinski definition) is 1. The van der Waals surface area contributed by atoms with E-state index in [1.807, 2.05) is 0 Å². The molecule has 1 atom stereocenters. The topological polar surface area (TPSA) is 55.8 Å². The van der Waals surface area contributed by atoms with Gasteiger partial charge in [-0.15, -0.1) is 0 Å². The quantitative estimate of drug-likeness (QED) is 0.177. The molecule has 22 heavy (non-hydrogen) atoms. The van der Waals surface area contributed by atoms with Crippen LogP contribution in [0.1, 0.15) is 96.8 Å². The maximum absolute atomic E-state index is 11.0. The summed E-state index contributed by atoms with van der Waals surface area (Å²) in [6, 6.07) is 0. The van der Waals surface area contributed by atoms with Gasteiger partial charge in [0.15, 0.2) is 0 Å². The minimum atomic E-state index is -3.76. The third-order valence-electron chi connectivity index (χ3n) is 3.85. The standard InChI is InChI=1S/C16H35O4P.Mo/c1-2-3-4-5-6-7-8-9-10-11-12-13-14-15-16-20-21(17,18)19;/h2-16H2,1H3,(H2,17,18,19);/q;+1/p-1. The molecule has 0 radical (unpaired) electrons. The van der Waals surface area contributed by atoms with Crippen LogP contribution in [0, 0.1) is 0 Å². The number of phosphoric ester groups is 1. The summed E-state index contributed by atoms with van der Waals surface area (Å²) in [6.45, 7) is 2.57. The maximum atomic E-state index is 11.0. The fourth-order valence-electron chi connectivity index (χ4n) is 2.50. The first-order valence-electron chi connectivity index (χ1n) is 8.91. The van der Waals surface area contributed by atoms with Gasteiger partial charge in [0.25, 0.3) is 0 Å². The number of hydrogen-bond acceptors (Lipinski definition) is 3. The Kier molecular flexibility index (Phi) is 17.3. The van der Waals surface area contributed by atoms with Crippen molar-refractivity contribution in [2.75, 3.05) is 6.61 Å². The van der Waals surface area contributed by atoms with Gasteiger partial charge in [-0.2, -0.15) is 0 Å². The van der Waals surface area contributed by atoms with Gasteiger partial charge in [-0.05, 0) is 0 Å². The van der Waals surface area contributed by atoms with Crippen LogP contribution >= 0.6 is 7.82 Å². The Morgan fingerprint density at radius 2 is 1.14 bits per heavy atom. The third-order valence-corrected chi connectivity index (χ3v) is 5.93. The van der Waals surface area contributed by atoms with E-state index in [4.69, 9.17) is 9.42 Å². The molecule has 133 valence electrons. The molecular weight excluding hydrogens is 383 g/mol. The molecule has 0 fully saturated rings. The molecule has 1 N–H and O–H groups in total. The van der Waals surface area contributed by atoms with E-state index in [9.17, 15) is 4.57 Å². The van der Waals surface area contributed by atoms with E-state index in [0.717, 1.165) is 33.0 Å². The van der Waals surface area contributed by atoms with Crippen LogP contribution in [0.15, 0.2) is 0 Å². The van der Waals surface area contributed by atoms with Crippen LogP contribution in [0.2, 0.25) is 0 Å². The molecule has 0 heterocycles. The van der Waals surface area contributed by atoms with Crippen molar-refractivity contribution in [3.05, 3.63) is 0 Å². The summed E-state index contributed by atoms with van der Waals surface area (Å²) in [6.07, 6.45) is 18.1. The molecule has 0 amide bonds. The first-order chi connectivity index (χ1) is 10.6. The van der Waals surface area contributed by atoms with Crippen molar-refractivity contribution in [1.82, 2.24) is 0 Å². The molecule has 1 unspecified atom stereocenters. The average molecular weight is 417 g/mol. The average Bonchev–Trinajstić information content (AvgIpc) is 2.51. The molecule has 0 saturated carbocycles. The van der Waals surface area contributed by atoms with Crippen LogP contribution in [0.25, 0.3) is 0 Å². The van der Waals surface area contributed by atoms with E-state index >= 15 is 0 Å². The van der Waals surface area contributed by atoms with Crippen molar-refractivity contribution in [2.45, 2.75) is 96.8 Å². The monoisotopic (exact) mass is 419 g/mol. The molecule has 6 heteroatoms. The van der Waals surface area contributed by atoms with E-state index in [0.29, 0.717) is 6.61 Å². The summed E-state index contributed by atoms with van der Waals surface area (Å²) < 4.78 is 20.2. The minimum absolute atomic E-state index is 0.307. The van der Waals surface area contributed by atoms with Gasteiger partial charge in [0.2, 0.25) is 0 Å². The Bertz CT molecular complexity index is 277. The van der Waals surface area contributed by atoms with Crippen molar-refractivity contribution >= 4 is 7.82 Å². The van der Waals surface area contributed by atoms with Crippen LogP contribution in [-0.4, -0.2) is 11.5 Å². The van der Waals surface area contributed by atoms with Crippen LogP contribution in [0.5, 0.6) is 0 Å². The first kappa shape index (κ1) is 22.8. The van der Waals surface area contributed by atoms with E-state index in [1.165, 1.54) is 77.0 Å². The summed E-state index contributed by atoms with van der Waals surface area (Å²) in [5.74, 6) is 0. The number of phosphoric acid groups is 1. The van der Waals surface area contributed by atoms with Gasteiger partial charge in [0.1, 0.15) is 0 Å². The van der Waals surface area contributed by atoms with Crippen molar-refractivity contribution in [3.8, 4) is 0 Å². The predicted molar refractivity (Wildman–Crippen MR) is 87.2 cm³/mol. The fourth-order valence-corrected chi connectivity index (χ4v) is 3.22. The van der Waals surface area contributed by atoms with E-state index in [2.05, 4.69) is 10.1 Å². The van der Waals surface area contributed by atoms with Crippen LogP contribution < -0.4 is 0 Å². The molecule has 0 aliphatic carbocycles. The molecule has 0 aliphatic rings. The molecule has 0 bridgehead atoms. The molecule has 0 aromatic carbocycles. The third kappa shape index (κ3) is 17.2. The van der Waals surface area contributed by atoms with E-state index in [1.54, 1.807) is 0 Å². The van der Waals surface area contributed by atoms with Crippen molar-refractivity contribution < 1.29 is 37.4 Å². The fraction of sp³-hybridized carbons (Fsp3) is 1.00. The molecule has 4 nitrogen and oxygen atoms in total. The summed E-state index contributed by atoms with van der Waals surface area (Å²) in [5, 5.41) is 0. The Morgan fingerprint density at radius 3 is 1.50 bits per heavy atom.